The van der Waals surface area contributed by atoms with Gasteiger partial charge < -0.3 is 4.74 Å². The number of hydrogen-bond acceptors (Lipinski definition) is 3. The molecule has 2 nitrogen and oxygen atoms in total. The Hall–Kier alpha value is -1.22. The van der Waals surface area contributed by atoms with E-state index in [1.54, 1.807) is 17.5 Å². The van der Waals surface area contributed by atoms with Crippen molar-refractivity contribution in [1.82, 2.24) is 0 Å². The summed E-state index contributed by atoms with van der Waals surface area (Å²) in [5.74, 6) is 0.269. The molecular weight excluding hydrogens is 184 g/mol. The quantitative estimate of drug-likeness (QED) is 0.420. The van der Waals surface area contributed by atoms with Crippen LogP contribution in [0.5, 0.6) is 5.75 Å². The van der Waals surface area contributed by atoms with Crippen LogP contribution in [0.1, 0.15) is 6.92 Å². The van der Waals surface area contributed by atoms with E-state index in [0.29, 0.717) is 5.75 Å². The number of hydrogen-bond donors (Lipinski definition) is 0. The van der Waals surface area contributed by atoms with Gasteiger partial charge in [0.05, 0.1) is 0 Å². The van der Waals surface area contributed by atoms with E-state index in [0.717, 1.165) is 4.90 Å². The predicted molar refractivity (Wildman–Crippen MR) is 53.8 cm³/mol. The van der Waals surface area contributed by atoms with Gasteiger partial charge in [0.15, 0.2) is 0 Å². The van der Waals surface area contributed by atoms with Crippen molar-refractivity contribution in [2.45, 2.75) is 11.8 Å². The Morgan fingerprint density at radius 3 is 2.54 bits per heavy atom. The van der Waals surface area contributed by atoms with E-state index >= 15 is 0 Å². The monoisotopic (exact) mass is 194 g/mol. The van der Waals surface area contributed by atoms with Gasteiger partial charge in [-0.3, -0.25) is 4.79 Å². The molecule has 0 saturated heterocycles. The normalized spacial score (nSPS) is 9.31. The van der Waals surface area contributed by atoms with Gasteiger partial charge in [-0.2, -0.15) is 0 Å². The van der Waals surface area contributed by atoms with Crippen LogP contribution in [-0.4, -0.2) is 5.97 Å². The molecule has 1 aromatic rings. The number of thioether (sulfide) groups is 1. The Kier molecular flexibility index (Phi) is 3.58. The van der Waals surface area contributed by atoms with Crippen LogP contribution in [0, 0.1) is 0 Å². The van der Waals surface area contributed by atoms with Crippen LogP contribution in [0.3, 0.4) is 0 Å². The molecule has 0 N–H and O–H groups in total. The highest BCUT2D eigenvalue weighted by molar-refractivity contribution is 8.02. The van der Waals surface area contributed by atoms with Gasteiger partial charge in [0, 0.05) is 11.8 Å². The first-order valence-corrected chi connectivity index (χ1v) is 4.66. The number of esters is 1. The van der Waals surface area contributed by atoms with E-state index in [4.69, 9.17) is 4.74 Å². The van der Waals surface area contributed by atoms with Crippen molar-refractivity contribution in [3.8, 4) is 5.75 Å². The molecule has 13 heavy (non-hydrogen) atoms. The third kappa shape index (κ3) is 3.34. The largest absolute Gasteiger partial charge is 0.427 e. The van der Waals surface area contributed by atoms with Gasteiger partial charge in [0.25, 0.3) is 0 Å². The molecule has 0 aliphatic heterocycles. The number of carbonyl (C=O) groups is 1. The zero-order chi connectivity index (χ0) is 9.68. The van der Waals surface area contributed by atoms with Crippen LogP contribution >= 0.6 is 11.8 Å². The SMILES string of the molecule is C=CSc1ccc(OC(C)=O)cc1. The molecule has 0 atom stereocenters. The molecule has 0 heterocycles. The number of benzene rings is 1. The second kappa shape index (κ2) is 4.72. The summed E-state index contributed by atoms with van der Waals surface area (Å²) in [4.78, 5) is 11.7. The molecule has 0 unspecified atom stereocenters. The van der Waals surface area contributed by atoms with Crippen molar-refractivity contribution in [3.05, 3.63) is 36.3 Å². The van der Waals surface area contributed by atoms with Gasteiger partial charge in [0.1, 0.15) is 5.75 Å². The molecule has 0 bridgehead atoms. The van der Waals surface area contributed by atoms with E-state index in [1.807, 2.05) is 12.1 Å². The first-order valence-electron chi connectivity index (χ1n) is 3.78. The second-order valence-electron chi connectivity index (χ2n) is 2.35. The van der Waals surface area contributed by atoms with Crippen LogP contribution in [-0.2, 0) is 4.79 Å². The highest BCUT2D eigenvalue weighted by Crippen LogP contribution is 2.21. The Labute approximate surface area is 81.6 Å². The lowest BCUT2D eigenvalue weighted by Gasteiger charge is -2.01. The summed E-state index contributed by atoms with van der Waals surface area (Å²) in [6, 6.07) is 7.27. The maximum Gasteiger partial charge on any atom is 0.308 e. The molecule has 0 spiro atoms. The fraction of sp³-hybridized carbons (Fsp3) is 0.100. The highest BCUT2D eigenvalue weighted by atomic mass is 32.2. The lowest BCUT2D eigenvalue weighted by molar-refractivity contribution is -0.131. The van der Waals surface area contributed by atoms with E-state index in [9.17, 15) is 4.79 Å². The molecule has 0 aliphatic rings. The van der Waals surface area contributed by atoms with Crippen molar-refractivity contribution < 1.29 is 9.53 Å². The first kappa shape index (κ1) is 9.86. The van der Waals surface area contributed by atoms with Gasteiger partial charge >= 0.3 is 5.97 Å². The van der Waals surface area contributed by atoms with Gasteiger partial charge in [-0.05, 0) is 29.7 Å². The number of ether oxygens (including phenoxy) is 1. The molecule has 1 rings (SSSR count). The van der Waals surface area contributed by atoms with E-state index in [2.05, 4.69) is 6.58 Å². The van der Waals surface area contributed by atoms with Crippen LogP contribution in [0.4, 0.5) is 0 Å². The van der Waals surface area contributed by atoms with Gasteiger partial charge in [0.2, 0.25) is 0 Å². The summed E-state index contributed by atoms with van der Waals surface area (Å²) in [5.41, 5.74) is 0. The van der Waals surface area contributed by atoms with Crippen LogP contribution < -0.4 is 4.74 Å². The average Bonchev–Trinajstić information content (AvgIpc) is 2.08. The van der Waals surface area contributed by atoms with Crippen LogP contribution in [0.25, 0.3) is 0 Å². The maximum absolute atomic E-state index is 10.6. The first-order chi connectivity index (χ1) is 6.22. The molecule has 0 fully saturated rings. The van der Waals surface area contributed by atoms with Gasteiger partial charge in [-0.15, -0.1) is 0 Å². The molecular formula is C10H10O2S. The van der Waals surface area contributed by atoms with Crippen molar-refractivity contribution in [1.29, 1.82) is 0 Å². The zero-order valence-electron chi connectivity index (χ0n) is 7.32. The predicted octanol–water partition coefficient (Wildman–Crippen LogP) is 2.85. The molecule has 68 valence electrons. The standard InChI is InChI=1S/C10H10O2S/c1-3-13-10-6-4-9(5-7-10)12-8(2)11/h3-7H,1H2,2H3. The minimum Gasteiger partial charge on any atom is -0.427 e. The highest BCUT2D eigenvalue weighted by Gasteiger charge is 1.97. The Bertz CT molecular complexity index is 303. The van der Waals surface area contributed by atoms with Gasteiger partial charge in [-0.1, -0.05) is 18.3 Å². The Balaban J connectivity index is 2.69. The van der Waals surface area contributed by atoms with E-state index in [1.165, 1.54) is 18.7 Å². The minimum absolute atomic E-state index is 0.302. The van der Waals surface area contributed by atoms with Crippen LogP contribution in [0.15, 0.2) is 41.1 Å². The lowest BCUT2D eigenvalue weighted by Crippen LogP contribution is -2.00. The zero-order valence-corrected chi connectivity index (χ0v) is 8.14. The third-order valence-electron chi connectivity index (χ3n) is 1.30. The molecule has 0 saturated carbocycles. The second-order valence-corrected chi connectivity index (χ2v) is 3.39. The Morgan fingerprint density at radius 1 is 1.46 bits per heavy atom. The number of carbonyl (C=O) groups excluding carboxylic acids is 1. The number of rotatable bonds is 3. The summed E-state index contributed by atoms with van der Waals surface area (Å²) in [6.07, 6.45) is 0. The lowest BCUT2D eigenvalue weighted by atomic mass is 10.3. The van der Waals surface area contributed by atoms with Crippen molar-refractivity contribution in [2.24, 2.45) is 0 Å². The fourth-order valence-corrected chi connectivity index (χ4v) is 1.33. The molecule has 0 amide bonds. The van der Waals surface area contributed by atoms with Crippen LogP contribution in [0.2, 0.25) is 0 Å². The summed E-state index contributed by atoms with van der Waals surface area (Å²) < 4.78 is 4.87. The molecule has 0 radical (unpaired) electrons. The molecule has 1 aromatic carbocycles. The molecule has 0 aromatic heterocycles. The fourth-order valence-electron chi connectivity index (χ4n) is 0.848. The van der Waals surface area contributed by atoms with Crippen molar-refractivity contribution >= 4 is 17.7 Å². The van der Waals surface area contributed by atoms with E-state index < -0.39 is 0 Å². The third-order valence-corrected chi connectivity index (χ3v) is 2.02. The molecule has 0 aliphatic carbocycles. The summed E-state index contributed by atoms with van der Waals surface area (Å²) in [6.45, 7) is 4.99. The average molecular weight is 194 g/mol. The summed E-state index contributed by atoms with van der Waals surface area (Å²) in [5, 5.41) is 1.75. The smallest absolute Gasteiger partial charge is 0.308 e. The van der Waals surface area contributed by atoms with E-state index in [-0.39, 0.29) is 5.97 Å². The minimum atomic E-state index is -0.302. The van der Waals surface area contributed by atoms with Gasteiger partial charge in [-0.25, -0.2) is 0 Å². The van der Waals surface area contributed by atoms with Crippen molar-refractivity contribution in [3.63, 3.8) is 0 Å². The maximum atomic E-state index is 10.6. The summed E-state index contributed by atoms with van der Waals surface area (Å²) in [7, 11) is 0. The summed E-state index contributed by atoms with van der Waals surface area (Å²) >= 11 is 1.53. The van der Waals surface area contributed by atoms with Crippen molar-refractivity contribution in [2.75, 3.05) is 0 Å². The topological polar surface area (TPSA) is 26.3 Å². The molecule has 3 heteroatoms. The Morgan fingerprint density at radius 2 is 2.08 bits per heavy atom.